The number of anilines is 1. The lowest BCUT2D eigenvalue weighted by molar-refractivity contribution is 0.0946. The average molecular weight is 276 g/mol. The van der Waals surface area contributed by atoms with Gasteiger partial charge in [0.15, 0.2) is 0 Å². The van der Waals surface area contributed by atoms with Gasteiger partial charge in [-0.3, -0.25) is 4.79 Å². The molecule has 0 aromatic carbocycles. The normalized spacial score (nSPS) is 10.2. The van der Waals surface area contributed by atoms with E-state index < -0.39 is 0 Å². The minimum absolute atomic E-state index is 0.205. The van der Waals surface area contributed by atoms with E-state index in [1.165, 1.54) is 4.88 Å². The van der Waals surface area contributed by atoms with Gasteiger partial charge in [0.05, 0.1) is 6.54 Å². The van der Waals surface area contributed by atoms with E-state index in [9.17, 15) is 4.79 Å². The number of nitrogen functional groups attached to an aromatic ring is 1. The zero-order chi connectivity index (χ0) is 13.7. The molecule has 4 N–H and O–H groups in total. The van der Waals surface area contributed by atoms with Gasteiger partial charge in [0.1, 0.15) is 11.5 Å². The molecular formula is C13H16N4OS. The predicted molar refractivity (Wildman–Crippen MR) is 76.9 cm³/mol. The molecule has 6 heteroatoms. The van der Waals surface area contributed by atoms with Crippen molar-refractivity contribution in [3.05, 3.63) is 45.8 Å². The smallest absolute Gasteiger partial charge is 0.270 e. The number of carbonyl (C=O) groups is 1. The van der Waals surface area contributed by atoms with Crippen molar-refractivity contribution in [3.8, 4) is 0 Å². The van der Waals surface area contributed by atoms with Crippen LogP contribution in [0.5, 0.6) is 0 Å². The van der Waals surface area contributed by atoms with Crippen LogP contribution in [0.1, 0.15) is 27.2 Å². The first-order chi connectivity index (χ1) is 9.22. The molecule has 0 radical (unpaired) electrons. The van der Waals surface area contributed by atoms with E-state index >= 15 is 0 Å². The molecule has 0 saturated carbocycles. The van der Waals surface area contributed by atoms with Gasteiger partial charge >= 0.3 is 0 Å². The van der Waals surface area contributed by atoms with Crippen molar-refractivity contribution >= 4 is 23.1 Å². The number of aryl methyl sites for hydroxylation is 1. The van der Waals surface area contributed by atoms with E-state index in [0.717, 1.165) is 11.3 Å². The quantitative estimate of drug-likeness (QED) is 0.576. The van der Waals surface area contributed by atoms with Crippen LogP contribution in [0.4, 0.5) is 5.82 Å². The first-order valence-corrected chi connectivity index (χ1v) is 6.84. The highest BCUT2D eigenvalue weighted by molar-refractivity contribution is 7.11. The Morgan fingerprint density at radius 2 is 2.11 bits per heavy atom. The zero-order valence-corrected chi connectivity index (χ0v) is 11.5. The van der Waals surface area contributed by atoms with Crippen LogP contribution in [0.2, 0.25) is 0 Å². The van der Waals surface area contributed by atoms with Crippen LogP contribution in [0.3, 0.4) is 0 Å². The molecule has 2 rings (SSSR count). The fourth-order valence-electron chi connectivity index (χ4n) is 1.61. The highest BCUT2D eigenvalue weighted by Gasteiger charge is 2.08. The molecule has 100 valence electrons. The number of hydrogen-bond donors (Lipinski definition) is 3. The summed E-state index contributed by atoms with van der Waals surface area (Å²) < 4.78 is 0. The summed E-state index contributed by atoms with van der Waals surface area (Å²) in [5, 5.41) is 2.84. The Hall–Kier alpha value is -1.92. The number of nitrogens with one attached hydrogen (secondary N) is 2. The van der Waals surface area contributed by atoms with Crippen molar-refractivity contribution in [1.82, 2.24) is 10.3 Å². The number of thiophene rings is 1. The molecule has 0 aliphatic rings. The molecule has 0 fully saturated rings. The van der Waals surface area contributed by atoms with E-state index in [4.69, 9.17) is 5.84 Å². The van der Waals surface area contributed by atoms with Gasteiger partial charge in [-0.2, -0.15) is 0 Å². The average Bonchev–Trinajstić information content (AvgIpc) is 2.93. The zero-order valence-electron chi connectivity index (χ0n) is 10.6. The Morgan fingerprint density at radius 3 is 2.79 bits per heavy atom. The first kappa shape index (κ1) is 13.5. The molecule has 2 aromatic rings. The number of carbonyl (C=O) groups excluding carboxylic acids is 1. The summed E-state index contributed by atoms with van der Waals surface area (Å²) in [6, 6.07) is 9.21. The molecule has 0 aliphatic carbocycles. The lowest BCUT2D eigenvalue weighted by atomic mass is 10.3. The Kier molecular flexibility index (Phi) is 4.48. The highest BCUT2D eigenvalue weighted by atomic mass is 32.1. The fraction of sp³-hybridized carbons (Fsp3) is 0.231. The van der Waals surface area contributed by atoms with Crippen LogP contribution in [-0.4, -0.2) is 10.9 Å². The maximum atomic E-state index is 11.9. The number of hydrazine groups is 1. The molecule has 0 spiro atoms. The van der Waals surface area contributed by atoms with Crippen LogP contribution in [-0.2, 0) is 13.0 Å². The molecule has 1 amide bonds. The SMILES string of the molecule is CCc1ccc(CNC(=O)c2cccc(NN)n2)s1. The van der Waals surface area contributed by atoms with Gasteiger partial charge in [0, 0.05) is 9.75 Å². The van der Waals surface area contributed by atoms with Gasteiger partial charge in [-0.25, -0.2) is 10.8 Å². The van der Waals surface area contributed by atoms with Crippen molar-refractivity contribution in [2.24, 2.45) is 5.84 Å². The lowest BCUT2D eigenvalue weighted by Crippen LogP contribution is -2.24. The second-order valence-electron chi connectivity index (χ2n) is 3.96. The van der Waals surface area contributed by atoms with E-state index in [1.54, 1.807) is 29.5 Å². The summed E-state index contributed by atoms with van der Waals surface area (Å²) in [6.07, 6.45) is 1.02. The Balaban J connectivity index is 1.96. The summed E-state index contributed by atoms with van der Waals surface area (Å²) in [5.41, 5.74) is 2.77. The number of pyridine rings is 1. The Morgan fingerprint density at radius 1 is 1.32 bits per heavy atom. The third-order valence-electron chi connectivity index (χ3n) is 2.62. The molecular weight excluding hydrogens is 260 g/mol. The molecule has 0 bridgehead atoms. The van der Waals surface area contributed by atoms with Crippen LogP contribution in [0.25, 0.3) is 0 Å². The summed E-state index contributed by atoms with van der Waals surface area (Å²) in [6.45, 7) is 2.63. The summed E-state index contributed by atoms with van der Waals surface area (Å²) >= 11 is 1.71. The molecule has 0 aliphatic heterocycles. The van der Waals surface area contributed by atoms with Crippen molar-refractivity contribution in [2.75, 3.05) is 5.43 Å². The third-order valence-corrected chi connectivity index (χ3v) is 3.85. The predicted octanol–water partition coefficient (Wildman–Crippen LogP) is 1.92. The van der Waals surface area contributed by atoms with E-state index in [-0.39, 0.29) is 5.91 Å². The third kappa shape index (κ3) is 3.52. The van der Waals surface area contributed by atoms with E-state index in [0.29, 0.717) is 18.1 Å². The molecule has 0 atom stereocenters. The van der Waals surface area contributed by atoms with E-state index in [1.807, 2.05) is 6.07 Å². The monoisotopic (exact) mass is 276 g/mol. The minimum atomic E-state index is -0.205. The lowest BCUT2D eigenvalue weighted by Gasteiger charge is -2.04. The van der Waals surface area contributed by atoms with Gasteiger partial charge < -0.3 is 10.7 Å². The van der Waals surface area contributed by atoms with Gasteiger partial charge in [-0.15, -0.1) is 11.3 Å². The molecule has 19 heavy (non-hydrogen) atoms. The maximum absolute atomic E-state index is 11.9. The van der Waals surface area contributed by atoms with Gasteiger partial charge in [0.25, 0.3) is 5.91 Å². The largest absolute Gasteiger partial charge is 0.346 e. The highest BCUT2D eigenvalue weighted by Crippen LogP contribution is 2.16. The Labute approximate surface area is 115 Å². The second kappa shape index (κ2) is 6.31. The molecule has 0 saturated heterocycles. The number of amides is 1. The maximum Gasteiger partial charge on any atom is 0.270 e. The Bertz CT molecular complexity index is 567. The minimum Gasteiger partial charge on any atom is -0.346 e. The number of aromatic nitrogens is 1. The summed E-state index contributed by atoms with van der Waals surface area (Å²) in [4.78, 5) is 18.5. The fourth-order valence-corrected chi connectivity index (χ4v) is 2.50. The summed E-state index contributed by atoms with van der Waals surface area (Å²) in [5.74, 6) is 5.52. The number of rotatable bonds is 5. The van der Waals surface area contributed by atoms with Crippen LogP contribution >= 0.6 is 11.3 Å². The first-order valence-electron chi connectivity index (χ1n) is 6.02. The van der Waals surface area contributed by atoms with Gasteiger partial charge in [0.2, 0.25) is 0 Å². The molecule has 2 aromatic heterocycles. The molecule has 2 heterocycles. The standard InChI is InChI=1S/C13H16N4OS/c1-2-9-6-7-10(19-9)8-15-13(18)11-4-3-5-12(16-11)17-14/h3-7H,2,8,14H2,1H3,(H,15,18)(H,16,17). The van der Waals surface area contributed by atoms with Crippen molar-refractivity contribution in [1.29, 1.82) is 0 Å². The van der Waals surface area contributed by atoms with Crippen LogP contribution < -0.4 is 16.6 Å². The second-order valence-corrected chi connectivity index (χ2v) is 5.21. The van der Waals surface area contributed by atoms with Crippen molar-refractivity contribution < 1.29 is 4.79 Å². The number of hydrogen-bond acceptors (Lipinski definition) is 5. The topological polar surface area (TPSA) is 80.0 Å². The van der Waals surface area contributed by atoms with Crippen molar-refractivity contribution in [3.63, 3.8) is 0 Å². The molecule has 0 unspecified atom stereocenters. The van der Waals surface area contributed by atoms with Crippen LogP contribution in [0, 0.1) is 0 Å². The van der Waals surface area contributed by atoms with E-state index in [2.05, 4.69) is 28.7 Å². The molecule has 5 nitrogen and oxygen atoms in total. The summed E-state index contributed by atoms with van der Waals surface area (Å²) in [7, 11) is 0. The number of nitrogens with two attached hydrogens (primary N) is 1. The number of nitrogens with zero attached hydrogens (tertiary/aromatic N) is 1. The van der Waals surface area contributed by atoms with Gasteiger partial charge in [-0.05, 0) is 30.7 Å². The van der Waals surface area contributed by atoms with Crippen LogP contribution in [0.15, 0.2) is 30.3 Å². The van der Waals surface area contributed by atoms with Crippen molar-refractivity contribution in [2.45, 2.75) is 19.9 Å². The van der Waals surface area contributed by atoms with Gasteiger partial charge in [-0.1, -0.05) is 13.0 Å².